The van der Waals surface area contributed by atoms with Crippen LogP contribution in [0.5, 0.6) is 0 Å². The van der Waals surface area contributed by atoms with Crippen LogP contribution in [-0.4, -0.2) is 31.0 Å². The molecule has 1 aliphatic carbocycles. The van der Waals surface area contributed by atoms with Gasteiger partial charge in [-0.15, -0.1) is 0 Å². The fourth-order valence-corrected chi connectivity index (χ4v) is 4.01. The first-order chi connectivity index (χ1) is 16.5. The zero-order valence-electron chi connectivity index (χ0n) is 18.4. The molecule has 9 heteroatoms. The lowest BCUT2D eigenvalue weighted by Crippen LogP contribution is -2.38. The van der Waals surface area contributed by atoms with E-state index in [-0.39, 0.29) is 6.04 Å². The van der Waals surface area contributed by atoms with Crippen LogP contribution < -0.4 is 11.0 Å². The zero-order valence-corrected chi connectivity index (χ0v) is 18.4. The Morgan fingerprint density at radius 3 is 2.62 bits per heavy atom. The fourth-order valence-electron chi connectivity index (χ4n) is 4.01. The highest BCUT2D eigenvalue weighted by Gasteiger charge is 2.30. The predicted molar refractivity (Wildman–Crippen MR) is 124 cm³/mol. The van der Waals surface area contributed by atoms with Crippen LogP contribution in [0.4, 0.5) is 9.18 Å². The average Bonchev–Trinajstić information content (AvgIpc) is 3.46. The molecule has 0 saturated heterocycles. The smallest absolute Gasteiger partial charge is 0.335 e. The van der Waals surface area contributed by atoms with E-state index in [2.05, 4.69) is 16.5 Å². The Balaban J connectivity index is 1.72. The van der Waals surface area contributed by atoms with Gasteiger partial charge in [0.15, 0.2) is 0 Å². The van der Waals surface area contributed by atoms with Gasteiger partial charge in [-0.2, -0.15) is 10.4 Å². The SMILES string of the molecule is Cc1c(-c2ccnn2-c2ccc(C#N)cc2)n(C(=O)NC2CC2)c(=O)n1-c1cccc(CF)c1. The molecule has 0 atom stereocenters. The van der Waals surface area contributed by atoms with E-state index in [0.717, 1.165) is 17.4 Å². The van der Waals surface area contributed by atoms with Crippen molar-refractivity contribution in [2.24, 2.45) is 0 Å². The molecule has 8 nitrogen and oxygen atoms in total. The third kappa shape index (κ3) is 3.69. The number of imidazole rings is 1. The second-order valence-electron chi connectivity index (χ2n) is 8.20. The standard InChI is InChI=1S/C25H21FN6O2/c1-16-23(22-11-12-28-32(22)20-9-5-17(15-27)6-10-20)31(24(33)29-19-7-8-19)25(34)30(16)21-4-2-3-18(13-21)14-26/h2-6,9-13,19H,7-8,14H2,1H3,(H,29,33). The van der Waals surface area contributed by atoms with E-state index in [1.807, 2.05) is 0 Å². The first kappa shape index (κ1) is 21.4. The Hall–Kier alpha value is -4.45. The van der Waals surface area contributed by atoms with Gasteiger partial charge in [0.05, 0.1) is 40.6 Å². The summed E-state index contributed by atoms with van der Waals surface area (Å²) in [6, 6.07) is 16.8. The molecule has 0 radical (unpaired) electrons. The molecule has 0 aliphatic heterocycles. The van der Waals surface area contributed by atoms with Crippen molar-refractivity contribution in [3.8, 4) is 28.8 Å². The minimum Gasteiger partial charge on any atom is -0.335 e. The Morgan fingerprint density at radius 2 is 1.94 bits per heavy atom. The highest BCUT2D eigenvalue weighted by molar-refractivity contribution is 5.83. The van der Waals surface area contributed by atoms with Gasteiger partial charge in [0.1, 0.15) is 12.4 Å². The lowest BCUT2D eigenvalue weighted by molar-refractivity contribution is 0.241. The van der Waals surface area contributed by atoms with Gasteiger partial charge in [0.2, 0.25) is 0 Å². The molecule has 2 aromatic carbocycles. The van der Waals surface area contributed by atoms with Crippen LogP contribution in [0.3, 0.4) is 0 Å². The number of carbonyl (C=O) groups excluding carboxylic acids is 1. The summed E-state index contributed by atoms with van der Waals surface area (Å²) in [7, 11) is 0. The summed E-state index contributed by atoms with van der Waals surface area (Å²) in [6.07, 6.45) is 3.33. The van der Waals surface area contributed by atoms with E-state index in [4.69, 9.17) is 5.26 Å². The van der Waals surface area contributed by atoms with Gasteiger partial charge < -0.3 is 5.32 Å². The summed E-state index contributed by atoms with van der Waals surface area (Å²) < 4.78 is 17.5. The second kappa shape index (κ2) is 8.48. The van der Waals surface area contributed by atoms with Crippen LogP contribution in [0.2, 0.25) is 0 Å². The molecule has 1 N–H and O–H groups in total. The second-order valence-corrected chi connectivity index (χ2v) is 8.20. The Bertz CT molecular complexity index is 1490. The van der Waals surface area contributed by atoms with Crippen molar-refractivity contribution in [3.63, 3.8) is 0 Å². The van der Waals surface area contributed by atoms with Crippen molar-refractivity contribution in [1.82, 2.24) is 24.2 Å². The molecule has 34 heavy (non-hydrogen) atoms. The van der Waals surface area contributed by atoms with Gasteiger partial charge in [-0.3, -0.25) is 4.57 Å². The molecular weight excluding hydrogens is 435 g/mol. The molecule has 0 spiro atoms. The molecule has 5 rings (SSSR count). The quantitative estimate of drug-likeness (QED) is 0.493. The van der Waals surface area contributed by atoms with Crippen LogP contribution in [0.15, 0.2) is 65.6 Å². The molecule has 0 unspecified atom stereocenters. The fraction of sp³-hybridized carbons (Fsp3) is 0.200. The van der Waals surface area contributed by atoms with E-state index in [1.54, 1.807) is 72.4 Å². The summed E-state index contributed by atoms with van der Waals surface area (Å²) in [5.41, 5.74) is 2.97. The maximum atomic E-state index is 13.6. The summed E-state index contributed by atoms with van der Waals surface area (Å²) in [5, 5.41) is 16.4. The van der Waals surface area contributed by atoms with E-state index in [1.165, 1.54) is 4.57 Å². The highest BCUT2D eigenvalue weighted by atomic mass is 19.1. The molecule has 1 fully saturated rings. The molecule has 2 aromatic heterocycles. The monoisotopic (exact) mass is 456 g/mol. The normalized spacial score (nSPS) is 13.0. The lowest BCUT2D eigenvalue weighted by Gasteiger charge is -2.11. The largest absolute Gasteiger partial charge is 0.341 e. The van der Waals surface area contributed by atoms with Crippen LogP contribution in [0, 0.1) is 18.3 Å². The number of carbonyl (C=O) groups is 1. The number of nitrogens with one attached hydrogen (secondary N) is 1. The summed E-state index contributed by atoms with van der Waals surface area (Å²) >= 11 is 0. The number of nitriles is 1. The molecular formula is C25H21FN6O2. The Kier molecular flexibility index (Phi) is 5.34. The molecule has 2 heterocycles. The van der Waals surface area contributed by atoms with Gasteiger partial charge in [0.25, 0.3) is 0 Å². The van der Waals surface area contributed by atoms with Crippen molar-refractivity contribution in [1.29, 1.82) is 5.26 Å². The van der Waals surface area contributed by atoms with Crippen LogP contribution >= 0.6 is 0 Å². The van der Waals surface area contributed by atoms with E-state index < -0.39 is 18.4 Å². The van der Waals surface area contributed by atoms with Gasteiger partial charge in [-0.05, 0) is 67.8 Å². The summed E-state index contributed by atoms with van der Waals surface area (Å²) in [4.78, 5) is 26.8. The summed E-state index contributed by atoms with van der Waals surface area (Å²) in [6.45, 7) is 1.08. The minimum absolute atomic E-state index is 0.0502. The van der Waals surface area contributed by atoms with E-state index in [0.29, 0.717) is 39.6 Å². The topological polar surface area (TPSA) is 97.6 Å². The van der Waals surface area contributed by atoms with Crippen LogP contribution in [0.25, 0.3) is 22.8 Å². The van der Waals surface area contributed by atoms with E-state index in [9.17, 15) is 14.0 Å². The van der Waals surface area contributed by atoms with Gasteiger partial charge in [-0.25, -0.2) is 23.2 Å². The first-order valence-electron chi connectivity index (χ1n) is 10.9. The Morgan fingerprint density at radius 1 is 1.18 bits per heavy atom. The number of alkyl halides is 1. The number of amides is 1. The molecule has 1 aliphatic rings. The molecule has 4 aromatic rings. The number of nitrogens with zero attached hydrogens (tertiary/aromatic N) is 5. The molecule has 170 valence electrons. The third-order valence-corrected chi connectivity index (χ3v) is 5.84. The number of benzene rings is 2. The minimum atomic E-state index is -0.664. The van der Waals surface area contributed by atoms with Gasteiger partial charge >= 0.3 is 11.7 Å². The van der Waals surface area contributed by atoms with E-state index >= 15 is 0 Å². The van der Waals surface area contributed by atoms with Crippen molar-refractivity contribution < 1.29 is 9.18 Å². The number of halogens is 1. The van der Waals surface area contributed by atoms with Crippen molar-refractivity contribution in [2.75, 3.05) is 0 Å². The van der Waals surface area contributed by atoms with Crippen LogP contribution in [-0.2, 0) is 6.67 Å². The highest BCUT2D eigenvalue weighted by Crippen LogP contribution is 2.28. The maximum absolute atomic E-state index is 13.6. The Labute approximate surface area is 194 Å². The number of aromatic nitrogens is 4. The maximum Gasteiger partial charge on any atom is 0.341 e. The molecule has 1 amide bonds. The average molecular weight is 456 g/mol. The van der Waals surface area contributed by atoms with Crippen molar-refractivity contribution in [2.45, 2.75) is 32.5 Å². The summed E-state index contributed by atoms with van der Waals surface area (Å²) in [5.74, 6) is 0. The third-order valence-electron chi connectivity index (χ3n) is 5.84. The molecule has 0 bridgehead atoms. The first-order valence-corrected chi connectivity index (χ1v) is 10.9. The van der Waals surface area contributed by atoms with Gasteiger partial charge in [0, 0.05) is 6.04 Å². The lowest BCUT2D eigenvalue weighted by atomic mass is 10.2. The predicted octanol–water partition coefficient (Wildman–Crippen LogP) is 3.86. The zero-order chi connectivity index (χ0) is 23.8. The molecule has 1 saturated carbocycles. The van der Waals surface area contributed by atoms with Crippen molar-refractivity contribution in [3.05, 3.63) is 88.1 Å². The van der Waals surface area contributed by atoms with Crippen molar-refractivity contribution >= 4 is 6.03 Å². The number of rotatable bonds is 5. The van der Waals surface area contributed by atoms with Crippen LogP contribution in [0.1, 0.15) is 29.7 Å². The number of hydrogen-bond acceptors (Lipinski definition) is 4. The van der Waals surface area contributed by atoms with Gasteiger partial charge in [-0.1, -0.05) is 12.1 Å². The number of hydrogen-bond donors (Lipinski definition) is 1.